The number of hydrogen-bond donors (Lipinski definition) is 3. The van der Waals surface area contributed by atoms with Gasteiger partial charge in [-0.3, -0.25) is 14.4 Å². The van der Waals surface area contributed by atoms with Gasteiger partial charge in [-0.25, -0.2) is 0 Å². The van der Waals surface area contributed by atoms with Crippen LogP contribution in [0.3, 0.4) is 0 Å². The van der Waals surface area contributed by atoms with Gasteiger partial charge in [0.15, 0.2) is 0 Å². The third-order valence-corrected chi connectivity index (χ3v) is 7.40. The molecule has 1 unspecified atom stereocenters. The molecule has 4 atom stereocenters. The highest BCUT2D eigenvalue weighted by molar-refractivity contribution is 6.02. The molecule has 3 aromatic rings. The van der Waals surface area contributed by atoms with Crippen LogP contribution >= 0.6 is 0 Å². The minimum atomic E-state index is -0.800. The van der Waals surface area contributed by atoms with Crippen molar-refractivity contribution < 1.29 is 23.9 Å². The van der Waals surface area contributed by atoms with E-state index in [-0.39, 0.29) is 30.1 Å². The number of aromatic amines is 1. The zero-order valence-electron chi connectivity index (χ0n) is 20.6. The van der Waals surface area contributed by atoms with E-state index in [4.69, 9.17) is 4.74 Å². The lowest BCUT2D eigenvalue weighted by Gasteiger charge is -2.25. The number of amides is 3. The van der Waals surface area contributed by atoms with Crippen molar-refractivity contribution in [2.75, 3.05) is 20.2 Å². The monoisotopic (exact) mass is 502 g/mol. The van der Waals surface area contributed by atoms with Gasteiger partial charge in [-0.05, 0) is 43.0 Å². The molecule has 2 aliphatic rings. The molecule has 192 valence electrons. The Morgan fingerprint density at radius 2 is 2.00 bits per heavy atom. The minimum Gasteiger partial charge on any atom is -0.496 e. The van der Waals surface area contributed by atoms with Crippen molar-refractivity contribution in [3.05, 3.63) is 65.9 Å². The molecule has 2 aliphatic heterocycles. The summed E-state index contributed by atoms with van der Waals surface area (Å²) in [6.45, 7) is 0.937. The number of methoxy groups -OCH3 is 1. The maximum atomic E-state index is 13.7. The van der Waals surface area contributed by atoms with Gasteiger partial charge in [-0.15, -0.1) is 0 Å². The third kappa shape index (κ3) is 4.94. The average Bonchev–Trinajstić information content (AvgIpc) is 3.66. The van der Waals surface area contributed by atoms with Crippen molar-refractivity contribution in [3.8, 4) is 5.75 Å². The molecule has 2 fully saturated rings. The topological polar surface area (TPSA) is 121 Å². The van der Waals surface area contributed by atoms with Crippen LogP contribution in [0.5, 0.6) is 5.75 Å². The van der Waals surface area contributed by atoms with E-state index in [2.05, 4.69) is 15.6 Å². The summed E-state index contributed by atoms with van der Waals surface area (Å²) in [5.74, 6) is -0.483. The fourth-order valence-corrected chi connectivity index (χ4v) is 5.45. The summed E-state index contributed by atoms with van der Waals surface area (Å²) in [7, 11) is 1.58. The molecule has 2 aromatic carbocycles. The molecule has 2 saturated heterocycles. The van der Waals surface area contributed by atoms with Crippen molar-refractivity contribution in [2.24, 2.45) is 5.92 Å². The number of nitrogens with zero attached hydrogens (tertiary/aromatic N) is 1. The highest BCUT2D eigenvalue weighted by Gasteiger charge is 2.41. The number of fused-ring (bicyclic) bond motifs is 1. The summed E-state index contributed by atoms with van der Waals surface area (Å²) in [5, 5.41) is 6.34. The molecule has 9 nitrogen and oxygen atoms in total. The Morgan fingerprint density at radius 3 is 2.70 bits per heavy atom. The second-order valence-corrected chi connectivity index (χ2v) is 9.68. The molecule has 9 heteroatoms. The van der Waals surface area contributed by atoms with Gasteiger partial charge in [0.25, 0.3) is 5.91 Å². The summed E-state index contributed by atoms with van der Waals surface area (Å²) in [4.78, 5) is 55.7. The van der Waals surface area contributed by atoms with Crippen LogP contribution in [0.4, 0.5) is 0 Å². The van der Waals surface area contributed by atoms with Crippen molar-refractivity contribution in [2.45, 2.75) is 37.3 Å². The Bertz CT molecular complexity index is 1320. The predicted octanol–water partition coefficient (Wildman–Crippen LogP) is 2.38. The average molecular weight is 503 g/mol. The highest BCUT2D eigenvalue weighted by atomic mass is 16.5. The molecule has 3 heterocycles. The number of aldehydes is 1. The predicted molar refractivity (Wildman–Crippen MR) is 137 cm³/mol. The Labute approximate surface area is 214 Å². The van der Waals surface area contributed by atoms with Crippen molar-refractivity contribution in [1.29, 1.82) is 0 Å². The van der Waals surface area contributed by atoms with Crippen LogP contribution in [-0.4, -0.2) is 66.2 Å². The van der Waals surface area contributed by atoms with Crippen LogP contribution in [0.1, 0.15) is 41.2 Å². The maximum Gasteiger partial charge on any atom is 0.271 e. The summed E-state index contributed by atoms with van der Waals surface area (Å²) < 4.78 is 5.43. The number of ether oxygens (including phenoxy) is 1. The van der Waals surface area contributed by atoms with Crippen LogP contribution < -0.4 is 15.4 Å². The van der Waals surface area contributed by atoms with E-state index in [1.54, 1.807) is 18.1 Å². The van der Waals surface area contributed by atoms with Gasteiger partial charge in [0.2, 0.25) is 11.8 Å². The lowest BCUT2D eigenvalue weighted by molar-refractivity contribution is -0.128. The zero-order valence-corrected chi connectivity index (χ0v) is 20.6. The number of nitrogens with one attached hydrogen (secondary N) is 3. The standard InChI is InChI=1S/C28H30N4O5/c1-37-25-9-5-8-22-21(25)14-23(31-22)28(36)32-15-19(17-6-3-2-4-7-17)13-24(32)27(35)30-20(16-33)12-18-10-11-29-26(18)34/h2-9,14,16,18-20,24,31H,10-13,15H2,1H3,(H,29,34)(H,30,35)/t18-,19?,20-,24-/m0/s1. The van der Waals surface area contributed by atoms with Crippen LogP contribution in [0.15, 0.2) is 54.6 Å². The first-order valence-electron chi connectivity index (χ1n) is 12.5. The normalized spacial score (nSPS) is 22.0. The molecule has 5 rings (SSSR count). The Morgan fingerprint density at radius 1 is 1.19 bits per heavy atom. The molecular weight excluding hydrogens is 472 g/mol. The second-order valence-electron chi connectivity index (χ2n) is 9.68. The van der Waals surface area contributed by atoms with Gasteiger partial charge in [0.1, 0.15) is 23.8 Å². The van der Waals surface area contributed by atoms with Crippen LogP contribution in [0.2, 0.25) is 0 Å². The second kappa shape index (κ2) is 10.5. The fourth-order valence-electron chi connectivity index (χ4n) is 5.45. The fraction of sp³-hybridized carbons (Fsp3) is 0.357. The smallest absolute Gasteiger partial charge is 0.271 e. The molecule has 0 saturated carbocycles. The summed E-state index contributed by atoms with van der Waals surface area (Å²) in [6, 6.07) is 15.5. The maximum absolute atomic E-state index is 13.7. The van der Waals surface area contributed by atoms with Gasteiger partial charge in [0.05, 0.1) is 13.2 Å². The van der Waals surface area contributed by atoms with Crippen LogP contribution in [0.25, 0.3) is 10.9 Å². The molecule has 0 bridgehead atoms. The van der Waals surface area contributed by atoms with Crippen LogP contribution in [0, 0.1) is 5.92 Å². The SMILES string of the molecule is COc1cccc2[nH]c(C(=O)N3CC(c4ccccc4)C[C@H]3C(=O)N[C@H](C=O)C[C@@H]3CCNC3=O)cc12. The number of aromatic nitrogens is 1. The van der Waals surface area contributed by atoms with Crippen LogP contribution in [-0.2, 0) is 14.4 Å². The third-order valence-electron chi connectivity index (χ3n) is 7.40. The molecule has 0 radical (unpaired) electrons. The molecule has 37 heavy (non-hydrogen) atoms. The Kier molecular flexibility index (Phi) is 6.94. The lowest BCUT2D eigenvalue weighted by Crippen LogP contribution is -2.49. The van der Waals surface area contributed by atoms with Gasteiger partial charge >= 0.3 is 0 Å². The molecule has 0 aliphatic carbocycles. The Balaban J connectivity index is 1.40. The van der Waals surface area contributed by atoms with E-state index >= 15 is 0 Å². The van der Waals surface area contributed by atoms with Gasteiger partial charge in [0, 0.05) is 35.8 Å². The molecular formula is C28H30N4O5. The van der Waals surface area contributed by atoms with Crippen molar-refractivity contribution >= 4 is 34.9 Å². The summed E-state index contributed by atoms with van der Waals surface area (Å²) in [5.41, 5.74) is 2.17. The number of H-pyrrole nitrogens is 1. The quantitative estimate of drug-likeness (QED) is 0.409. The molecule has 3 amide bonds. The van der Waals surface area contributed by atoms with E-state index in [0.717, 1.165) is 16.5 Å². The van der Waals surface area contributed by atoms with Crippen molar-refractivity contribution in [3.63, 3.8) is 0 Å². The number of carbonyl (C=O) groups is 4. The summed E-state index contributed by atoms with van der Waals surface area (Å²) in [6.07, 6.45) is 1.97. The van der Waals surface area contributed by atoms with E-state index < -0.39 is 18.0 Å². The first-order chi connectivity index (χ1) is 18.0. The molecule has 0 spiro atoms. The highest BCUT2D eigenvalue weighted by Crippen LogP contribution is 2.34. The first kappa shape index (κ1) is 24.5. The number of likely N-dealkylation sites (tertiary alicyclic amines) is 1. The van der Waals surface area contributed by atoms with E-state index in [1.807, 2.05) is 48.5 Å². The summed E-state index contributed by atoms with van der Waals surface area (Å²) >= 11 is 0. The minimum absolute atomic E-state index is 0.0323. The number of hydrogen-bond acceptors (Lipinski definition) is 5. The molecule has 1 aromatic heterocycles. The van der Waals surface area contributed by atoms with E-state index in [9.17, 15) is 19.2 Å². The van der Waals surface area contributed by atoms with Gasteiger partial charge in [-0.1, -0.05) is 36.4 Å². The van der Waals surface area contributed by atoms with Crippen molar-refractivity contribution in [1.82, 2.24) is 20.5 Å². The van der Waals surface area contributed by atoms with Gasteiger partial charge < -0.3 is 30.0 Å². The zero-order chi connectivity index (χ0) is 25.9. The number of carbonyl (C=O) groups excluding carboxylic acids is 4. The first-order valence-corrected chi connectivity index (χ1v) is 12.5. The largest absolute Gasteiger partial charge is 0.496 e. The number of rotatable bonds is 8. The number of benzene rings is 2. The molecule has 3 N–H and O–H groups in total. The van der Waals surface area contributed by atoms with E-state index in [0.29, 0.717) is 43.7 Å². The Hall–Kier alpha value is -4.14. The van der Waals surface area contributed by atoms with Gasteiger partial charge in [-0.2, -0.15) is 0 Å². The lowest BCUT2D eigenvalue weighted by atomic mass is 9.95. The van der Waals surface area contributed by atoms with E-state index in [1.165, 1.54) is 0 Å².